The van der Waals surface area contributed by atoms with Crippen molar-refractivity contribution < 1.29 is 14.6 Å². The molecule has 28 heavy (non-hydrogen) atoms. The van der Waals surface area contributed by atoms with Crippen LogP contribution in [0.25, 0.3) is 0 Å². The van der Waals surface area contributed by atoms with Gasteiger partial charge in [-0.05, 0) is 43.9 Å². The Morgan fingerprint density at radius 1 is 0.964 bits per heavy atom. The maximum atomic E-state index is 12.8. The minimum atomic E-state index is 0.0880. The van der Waals surface area contributed by atoms with Gasteiger partial charge < -0.3 is 14.7 Å². The summed E-state index contributed by atoms with van der Waals surface area (Å²) in [6, 6.07) is 15.1. The van der Waals surface area contributed by atoms with E-state index in [1.807, 2.05) is 47.4 Å². The summed E-state index contributed by atoms with van der Waals surface area (Å²) in [7, 11) is 0. The summed E-state index contributed by atoms with van der Waals surface area (Å²) >= 11 is 0. The molecule has 2 heterocycles. The number of amides is 1. The highest BCUT2D eigenvalue weighted by Crippen LogP contribution is 2.26. The monoisotopic (exact) mass is 380 g/mol. The van der Waals surface area contributed by atoms with Gasteiger partial charge >= 0.3 is 0 Å². The molecule has 2 aliphatic rings. The van der Waals surface area contributed by atoms with Gasteiger partial charge in [-0.25, -0.2) is 0 Å². The number of carbonyl (C=O) groups is 1. The van der Waals surface area contributed by atoms with Crippen LogP contribution >= 0.6 is 0 Å². The molecule has 2 aliphatic heterocycles. The van der Waals surface area contributed by atoms with Crippen LogP contribution in [-0.4, -0.2) is 53.1 Å². The Morgan fingerprint density at radius 2 is 1.64 bits per heavy atom. The highest BCUT2D eigenvalue weighted by atomic mass is 16.5. The average molecular weight is 380 g/mol. The number of piperidine rings is 1. The second-order valence-electron chi connectivity index (χ2n) is 7.72. The van der Waals surface area contributed by atoms with E-state index in [1.165, 1.54) is 0 Å². The van der Waals surface area contributed by atoms with Gasteiger partial charge in [-0.1, -0.05) is 30.3 Å². The molecular weight excluding hydrogens is 352 g/mol. The molecule has 1 amide bonds. The topological polar surface area (TPSA) is 53.0 Å². The van der Waals surface area contributed by atoms with Gasteiger partial charge in [0.1, 0.15) is 17.6 Å². The Hall–Kier alpha value is -2.53. The van der Waals surface area contributed by atoms with E-state index in [4.69, 9.17) is 4.74 Å². The molecule has 0 bridgehead atoms. The third kappa shape index (κ3) is 4.30. The number of nitrogens with zero attached hydrogens (tertiary/aromatic N) is 2. The normalized spacial score (nSPS) is 18.4. The predicted octanol–water partition coefficient (Wildman–Crippen LogP) is 3.67. The zero-order chi connectivity index (χ0) is 19.3. The fourth-order valence-corrected chi connectivity index (χ4v) is 4.09. The number of rotatable bonds is 5. The van der Waals surface area contributed by atoms with E-state index in [2.05, 4.69) is 4.90 Å². The molecule has 0 spiro atoms. The smallest absolute Gasteiger partial charge is 0.257 e. The summed E-state index contributed by atoms with van der Waals surface area (Å²) in [4.78, 5) is 17.1. The van der Waals surface area contributed by atoms with Gasteiger partial charge in [-0.15, -0.1) is 0 Å². The number of benzene rings is 2. The van der Waals surface area contributed by atoms with Gasteiger partial charge in [0.2, 0.25) is 0 Å². The lowest BCUT2D eigenvalue weighted by Gasteiger charge is -2.32. The van der Waals surface area contributed by atoms with Crippen LogP contribution in [0.3, 0.4) is 0 Å². The van der Waals surface area contributed by atoms with Crippen molar-refractivity contribution in [3.8, 4) is 11.5 Å². The van der Waals surface area contributed by atoms with E-state index in [0.29, 0.717) is 17.1 Å². The van der Waals surface area contributed by atoms with Crippen molar-refractivity contribution in [2.24, 2.45) is 0 Å². The first kappa shape index (κ1) is 18.8. The van der Waals surface area contributed by atoms with Crippen molar-refractivity contribution in [2.45, 2.75) is 38.3 Å². The summed E-state index contributed by atoms with van der Waals surface area (Å²) in [5, 5.41) is 9.97. The number of phenols is 1. The van der Waals surface area contributed by atoms with Gasteiger partial charge in [-0.2, -0.15) is 0 Å². The van der Waals surface area contributed by atoms with Crippen molar-refractivity contribution in [1.82, 2.24) is 9.80 Å². The largest absolute Gasteiger partial charge is 0.508 e. The molecule has 0 saturated carbocycles. The second-order valence-corrected chi connectivity index (χ2v) is 7.72. The quantitative estimate of drug-likeness (QED) is 0.860. The Kier molecular flexibility index (Phi) is 5.81. The summed E-state index contributed by atoms with van der Waals surface area (Å²) in [5.74, 6) is 1.15. The van der Waals surface area contributed by atoms with Crippen LogP contribution in [0.4, 0.5) is 0 Å². The van der Waals surface area contributed by atoms with Crippen molar-refractivity contribution in [3.63, 3.8) is 0 Å². The minimum Gasteiger partial charge on any atom is -0.508 e. The number of carbonyl (C=O) groups excluding carboxylic acids is 1. The van der Waals surface area contributed by atoms with Crippen LogP contribution in [0, 0.1) is 0 Å². The van der Waals surface area contributed by atoms with Crippen molar-refractivity contribution in [3.05, 3.63) is 59.7 Å². The molecule has 4 rings (SSSR count). The molecule has 0 radical (unpaired) electrons. The molecule has 5 nitrogen and oxygen atoms in total. The molecule has 0 aliphatic carbocycles. The first-order chi connectivity index (χ1) is 13.7. The maximum absolute atomic E-state index is 12.8. The van der Waals surface area contributed by atoms with Gasteiger partial charge in [0.15, 0.2) is 0 Å². The standard InChI is InChI=1S/C23H28N2O3/c26-21-9-3-1-7-18(21)17-24-15-11-19(12-16-24)28-22-10-4-2-8-20(22)23(27)25-13-5-6-14-25/h1-4,7-10,19,26H,5-6,11-17H2. The van der Waals surface area contributed by atoms with Crippen LogP contribution in [0.1, 0.15) is 41.6 Å². The molecule has 2 aromatic carbocycles. The molecule has 2 fully saturated rings. The number of para-hydroxylation sites is 2. The predicted molar refractivity (Wildman–Crippen MR) is 109 cm³/mol. The van der Waals surface area contributed by atoms with Crippen LogP contribution in [0.5, 0.6) is 11.5 Å². The molecule has 5 heteroatoms. The van der Waals surface area contributed by atoms with E-state index in [9.17, 15) is 9.90 Å². The molecule has 1 N–H and O–H groups in total. The number of likely N-dealkylation sites (tertiary alicyclic amines) is 2. The number of phenolic OH excluding ortho intramolecular Hbond substituents is 1. The van der Waals surface area contributed by atoms with E-state index in [-0.39, 0.29) is 12.0 Å². The molecule has 2 aromatic rings. The fraction of sp³-hybridized carbons (Fsp3) is 0.435. The molecular formula is C23H28N2O3. The molecule has 0 unspecified atom stereocenters. The summed E-state index contributed by atoms with van der Waals surface area (Å²) in [5.41, 5.74) is 1.64. The van der Waals surface area contributed by atoms with Crippen LogP contribution < -0.4 is 4.74 Å². The fourth-order valence-electron chi connectivity index (χ4n) is 4.09. The lowest BCUT2D eigenvalue weighted by molar-refractivity contribution is 0.0764. The number of aromatic hydroxyl groups is 1. The third-order valence-corrected chi connectivity index (χ3v) is 5.72. The third-order valence-electron chi connectivity index (χ3n) is 5.72. The van der Waals surface area contributed by atoms with E-state index >= 15 is 0 Å². The number of hydrogen-bond acceptors (Lipinski definition) is 4. The Balaban J connectivity index is 1.35. The molecule has 0 atom stereocenters. The summed E-state index contributed by atoms with van der Waals surface area (Å²) in [6.07, 6.45) is 4.13. The van der Waals surface area contributed by atoms with Crippen LogP contribution in [0.15, 0.2) is 48.5 Å². The van der Waals surface area contributed by atoms with Gasteiger partial charge in [0.25, 0.3) is 5.91 Å². The summed E-state index contributed by atoms with van der Waals surface area (Å²) in [6.45, 7) is 4.28. The minimum absolute atomic E-state index is 0.0880. The molecule has 148 valence electrons. The van der Waals surface area contributed by atoms with E-state index in [1.54, 1.807) is 6.07 Å². The maximum Gasteiger partial charge on any atom is 0.257 e. The second kappa shape index (κ2) is 8.65. The Morgan fingerprint density at radius 3 is 2.39 bits per heavy atom. The zero-order valence-electron chi connectivity index (χ0n) is 16.2. The van der Waals surface area contributed by atoms with Crippen molar-refractivity contribution in [2.75, 3.05) is 26.2 Å². The molecule has 2 saturated heterocycles. The Bertz CT molecular complexity index is 809. The highest BCUT2D eigenvalue weighted by molar-refractivity contribution is 5.97. The summed E-state index contributed by atoms with van der Waals surface area (Å²) < 4.78 is 6.27. The van der Waals surface area contributed by atoms with Crippen molar-refractivity contribution in [1.29, 1.82) is 0 Å². The van der Waals surface area contributed by atoms with Gasteiger partial charge in [0, 0.05) is 38.3 Å². The number of hydrogen-bond donors (Lipinski definition) is 1. The lowest BCUT2D eigenvalue weighted by Crippen LogP contribution is -2.38. The SMILES string of the molecule is O=C(c1ccccc1OC1CCN(Cc2ccccc2O)CC1)N1CCCC1. The lowest BCUT2D eigenvalue weighted by atomic mass is 10.1. The van der Waals surface area contributed by atoms with Crippen LogP contribution in [0.2, 0.25) is 0 Å². The van der Waals surface area contributed by atoms with Crippen LogP contribution in [-0.2, 0) is 6.54 Å². The zero-order valence-corrected chi connectivity index (χ0v) is 16.2. The van der Waals surface area contributed by atoms with Gasteiger partial charge in [0.05, 0.1) is 5.56 Å². The average Bonchev–Trinajstić information content (AvgIpc) is 3.26. The first-order valence-electron chi connectivity index (χ1n) is 10.2. The van der Waals surface area contributed by atoms with E-state index in [0.717, 1.165) is 64.0 Å². The van der Waals surface area contributed by atoms with Crippen molar-refractivity contribution >= 4 is 5.91 Å². The highest BCUT2D eigenvalue weighted by Gasteiger charge is 2.25. The first-order valence-corrected chi connectivity index (χ1v) is 10.2. The number of ether oxygens (including phenoxy) is 1. The van der Waals surface area contributed by atoms with E-state index < -0.39 is 0 Å². The Labute approximate surface area is 166 Å². The van der Waals surface area contributed by atoms with Gasteiger partial charge in [-0.3, -0.25) is 9.69 Å². The molecule has 0 aromatic heterocycles.